The minimum Gasteiger partial charge on any atom is -0.324 e. The lowest BCUT2D eigenvalue weighted by Gasteiger charge is -2.28. The van der Waals surface area contributed by atoms with Gasteiger partial charge >= 0.3 is 0 Å². The summed E-state index contributed by atoms with van der Waals surface area (Å²) in [6.07, 6.45) is 1.89. The normalized spacial score (nSPS) is 29.4. The van der Waals surface area contributed by atoms with E-state index in [2.05, 4.69) is 33.4 Å². The van der Waals surface area contributed by atoms with Crippen LogP contribution < -0.4 is 5.32 Å². The molecule has 5 atom stereocenters. The first kappa shape index (κ1) is 19.5. The van der Waals surface area contributed by atoms with Gasteiger partial charge in [0.25, 0.3) is 0 Å². The minimum atomic E-state index is -0.339. The number of nitrogens with zero attached hydrogens (tertiary/aromatic N) is 1. The van der Waals surface area contributed by atoms with Crippen LogP contribution in [0.2, 0.25) is 0 Å². The molecule has 2 aromatic carbocycles. The predicted molar refractivity (Wildman–Crippen MR) is 117 cm³/mol. The number of aryl methyl sites for hydroxylation is 1. The van der Waals surface area contributed by atoms with Gasteiger partial charge < -0.3 is 5.32 Å². The third-order valence-corrected chi connectivity index (χ3v) is 7.59. The third-order valence-electron chi connectivity index (χ3n) is 7.10. The summed E-state index contributed by atoms with van der Waals surface area (Å²) in [5.41, 5.74) is 2.86. The number of benzene rings is 2. The average molecular weight is 467 g/mol. The van der Waals surface area contributed by atoms with Crippen LogP contribution in [0.4, 0.5) is 5.69 Å². The highest BCUT2D eigenvalue weighted by molar-refractivity contribution is 9.10. The lowest BCUT2D eigenvalue weighted by molar-refractivity contribution is -0.143. The van der Waals surface area contributed by atoms with Gasteiger partial charge in [-0.05, 0) is 66.8 Å². The maximum Gasteiger partial charge on any atom is 0.244 e. The summed E-state index contributed by atoms with van der Waals surface area (Å²) in [7, 11) is 0. The zero-order chi connectivity index (χ0) is 21.0. The van der Waals surface area contributed by atoms with Crippen LogP contribution in [0, 0.1) is 30.6 Å². The molecule has 0 radical (unpaired) electrons. The molecule has 1 heterocycles. The van der Waals surface area contributed by atoms with E-state index >= 15 is 0 Å². The number of likely N-dealkylation sites (tertiary alicyclic amines) is 1. The maximum atomic E-state index is 13.2. The summed E-state index contributed by atoms with van der Waals surface area (Å²) in [6, 6.07) is 15.9. The summed E-state index contributed by atoms with van der Waals surface area (Å²) in [4.78, 5) is 40.0. The van der Waals surface area contributed by atoms with Gasteiger partial charge in [-0.3, -0.25) is 19.3 Å². The van der Waals surface area contributed by atoms with Crippen LogP contribution in [0.3, 0.4) is 0 Å². The number of fused-ring (bicyclic) bond motifs is 5. The number of amides is 3. The van der Waals surface area contributed by atoms with Crippen LogP contribution in [0.1, 0.15) is 29.9 Å². The Kier molecular flexibility index (Phi) is 4.77. The van der Waals surface area contributed by atoms with Crippen molar-refractivity contribution in [3.63, 3.8) is 0 Å². The van der Waals surface area contributed by atoms with Crippen LogP contribution in [-0.2, 0) is 14.4 Å². The van der Waals surface area contributed by atoms with E-state index in [4.69, 9.17) is 0 Å². The van der Waals surface area contributed by atoms with Crippen LogP contribution >= 0.6 is 15.9 Å². The van der Waals surface area contributed by atoms with Gasteiger partial charge in [-0.1, -0.05) is 46.3 Å². The number of rotatable bonds is 4. The molecule has 6 heteroatoms. The Labute approximate surface area is 184 Å². The zero-order valence-electron chi connectivity index (χ0n) is 16.7. The van der Waals surface area contributed by atoms with Gasteiger partial charge in [0.2, 0.25) is 17.7 Å². The summed E-state index contributed by atoms with van der Waals surface area (Å²) >= 11 is 3.41. The molecule has 1 N–H and O–H groups in total. The standard InChI is InChI=1S/C24H23BrN2O3/c1-13-9-16(25)7-8-19(13)26-20(28)12-27-23(29)21-15-10-17(14-5-3-2-4-6-14)18(11-15)22(21)24(27)30/h2-9,15,17-18,21-22H,10-12H2,1H3,(H,26,28)/t15-,17+,18+,21-,22+/m0/s1. The Morgan fingerprint density at radius 2 is 1.80 bits per heavy atom. The van der Waals surface area contributed by atoms with Crippen molar-refractivity contribution in [2.75, 3.05) is 11.9 Å². The summed E-state index contributed by atoms with van der Waals surface area (Å²) in [5, 5.41) is 2.84. The van der Waals surface area contributed by atoms with Gasteiger partial charge in [0.1, 0.15) is 6.54 Å². The van der Waals surface area contributed by atoms with Crippen molar-refractivity contribution in [1.29, 1.82) is 0 Å². The minimum absolute atomic E-state index is 0.160. The monoisotopic (exact) mass is 466 g/mol. The van der Waals surface area contributed by atoms with Crippen LogP contribution in [0.5, 0.6) is 0 Å². The maximum absolute atomic E-state index is 13.2. The Hall–Kier alpha value is -2.47. The molecule has 2 saturated carbocycles. The summed E-state index contributed by atoms with van der Waals surface area (Å²) < 4.78 is 0.930. The molecule has 1 saturated heterocycles. The third kappa shape index (κ3) is 3.09. The van der Waals surface area contributed by atoms with Crippen molar-refractivity contribution in [2.45, 2.75) is 25.7 Å². The van der Waals surface area contributed by atoms with E-state index in [-0.39, 0.29) is 47.9 Å². The first-order valence-electron chi connectivity index (χ1n) is 10.4. The number of anilines is 1. The number of hydrogen-bond acceptors (Lipinski definition) is 3. The Morgan fingerprint density at radius 3 is 2.53 bits per heavy atom. The average Bonchev–Trinajstić information content (AvgIpc) is 3.39. The van der Waals surface area contributed by atoms with Gasteiger partial charge in [0, 0.05) is 10.2 Å². The van der Waals surface area contributed by atoms with Crippen LogP contribution in [0.25, 0.3) is 0 Å². The van der Waals surface area contributed by atoms with Gasteiger partial charge in [-0.25, -0.2) is 0 Å². The van der Waals surface area contributed by atoms with Crippen molar-refractivity contribution < 1.29 is 14.4 Å². The number of carbonyl (C=O) groups excluding carboxylic acids is 3. The molecule has 2 aromatic rings. The van der Waals surface area contributed by atoms with E-state index in [1.54, 1.807) is 0 Å². The van der Waals surface area contributed by atoms with E-state index in [0.717, 1.165) is 22.9 Å². The van der Waals surface area contributed by atoms with E-state index in [1.807, 2.05) is 43.3 Å². The topological polar surface area (TPSA) is 66.5 Å². The number of imide groups is 1. The number of nitrogens with one attached hydrogen (secondary N) is 1. The summed E-state index contributed by atoms with van der Waals surface area (Å²) in [6.45, 7) is 1.69. The SMILES string of the molecule is Cc1cc(Br)ccc1NC(=O)CN1C(=O)[C@@H]2[C@@H]3C[C@H](C[C@@H]3c3ccccc3)[C@@H]2C1=O. The van der Waals surface area contributed by atoms with Crippen molar-refractivity contribution in [2.24, 2.45) is 23.7 Å². The van der Waals surface area contributed by atoms with Crippen molar-refractivity contribution >= 4 is 39.3 Å². The Morgan fingerprint density at radius 1 is 1.07 bits per heavy atom. The van der Waals surface area contributed by atoms with E-state index < -0.39 is 0 Å². The van der Waals surface area contributed by atoms with Crippen molar-refractivity contribution in [3.05, 3.63) is 64.1 Å². The number of carbonyl (C=O) groups is 3. The van der Waals surface area contributed by atoms with Gasteiger partial charge in [0.15, 0.2) is 0 Å². The molecule has 154 valence electrons. The summed E-state index contributed by atoms with van der Waals surface area (Å²) in [5.74, 6) is -0.424. The van der Waals surface area contributed by atoms with Gasteiger partial charge in [-0.15, -0.1) is 0 Å². The fourth-order valence-electron chi connectivity index (χ4n) is 5.86. The van der Waals surface area contributed by atoms with Crippen molar-refractivity contribution in [3.8, 4) is 0 Å². The lowest BCUT2D eigenvalue weighted by atomic mass is 9.73. The fourth-order valence-corrected chi connectivity index (χ4v) is 6.34. The second-order valence-corrected chi connectivity index (χ2v) is 9.65. The second-order valence-electron chi connectivity index (χ2n) is 8.73. The second kappa shape index (κ2) is 7.34. The predicted octanol–water partition coefficient (Wildman–Crippen LogP) is 4.12. The van der Waals surface area contributed by atoms with E-state index in [0.29, 0.717) is 11.6 Å². The van der Waals surface area contributed by atoms with Gasteiger partial charge in [-0.2, -0.15) is 0 Å². The molecule has 5 nitrogen and oxygen atoms in total. The number of hydrogen-bond donors (Lipinski definition) is 1. The molecular weight excluding hydrogens is 444 g/mol. The molecule has 30 heavy (non-hydrogen) atoms. The first-order chi connectivity index (χ1) is 14.4. The fraction of sp³-hybridized carbons (Fsp3) is 0.375. The molecule has 3 amide bonds. The van der Waals surface area contributed by atoms with Gasteiger partial charge in [0.05, 0.1) is 11.8 Å². The zero-order valence-corrected chi connectivity index (χ0v) is 18.3. The smallest absolute Gasteiger partial charge is 0.244 e. The molecule has 1 aliphatic heterocycles. The highest BCUT2D eigenvalue weighted by atomic mass is 79.9. The van der Waals surface area contributed by atoms with Crippen LogP contribution in [-0.4, -0.2) is 29.2 Å². The lowest BCUT2D eigenvalue weighted by Crippen LogP contribution is -2.39. The molecule has 0 spiro atoms. The molecule has 3 aliphatic rings. The molecular formula is C24H23BrN2O3. The number of halogens is 1. The van der Waals surface area contributed by atoms with Crippen molar-refractivity contribution in [1.82, 2.24) is 4.90 Å². The molecule has 0 aromatic heterocycles. The first-order valence-corrected chi connectivity index (χ1v) is 11.2. The molecule has 2 bridgehead atoms. The quantitative estimate of drug-likeness (QED) is 0.689. The molecule has 2 aliphatic carbocycles. The Bertz CT molecular complexity index is 1040. The molecule has 3 fully saturated rings. The highest BCUT2D eigenvalue weighted by Crippen LogP contribution is 2.61. The highest BCUT2D eigenvalue weighted by Gasteiger charge is 2.63. The molecule has 5 rings (SSSR count). The largest absolute Gasteiger partial charge is 0.324 e. The van der Waals surface area contributed by atoms with E-state index in [9.17, 15) is 14.4 Å². The molecule has 0 unspecified atom stereocenters. The Balaban J connectivity index is 1.31. The van der Waals surface area contributed by atoms with Crippen LogP contribution in [0.15, 0.2) is 53.0 Å². The van der Waals surface area contributed by atoms with E-state index in [1.165, 1.54) is 10.5 Å².